The molecular weight excluding hydrogens is 829 g/mol. The van der Waals surface area contributed by atoms with E-state index >= 15 is 0 Å². The van der Waals surface area contributed by atoms with Crippen molar-refractivity contribution in [2.45, 2.75) is 271 Å². The number of ether oxygens (including phenoxy) is 3. The zero-order valence-electron chi connectivity index (χ0n) is 43.9. The Kier molecular flexibility index (Phi) is 52.4. The number of unbranched alkanes of at least 4 members (excludes halogenated alkanes) is 26. The summed E-state index contributed by atoms with van der Waals surface area (Å²) in [7, 11) is 0. The van der Waals surface area contributed by atoms with E-state index in [2.05, 4.69) is 106 Å². The van der Waals surface area contributed by atoms with Crippen molar-refractivity contribution in [3.05, 3.63) is 85.1 Å². The van der Waals surface area contributed by atoms with Crippen LogP contribution in [0.1, 0.15) is 265 Å². The van der Waals surface area contributed by atoms with Gasteiger partial charge in [-0.2, -0.15) is 0 Å². The smallest absolute Gasteiger partial charge is 0.306 e. The summed E-state index contributed by atoms with van der Waals surface area (Å²) in [6.45, 7) is 6.47. The van der Waals surface area contributed by atoms with E-state index in [1.54, 1.807) is 0 Å². The van der Waals surface area contributed by atoms with Gasteiger partial charge in [-0.3, -0.25) is 14.4 Å². The molecule has 0 spiro atoms. The molecule has 67 heavy (non-hydrogen) atoms. The highest BCUT2D eigenvalue weighted by atomic mass is 16.6. The van der Waals surface area contributed by atoms with Crippen LogP contribution in [0.15, 0.2) is 85.1 Å². The van der Waals surface area contributed by atoms with Gasteiger partial charge in [0.2, 0.25) is 0 Å². The standard InChI is InChI=1S/C61H104O6/c1-4-7-10-13-16-19-22-25-28-31-34-36-39-42-45-48-51-54-60(63)66-57-58(67-61(64)55-52-49-46-43-40-37-33-30-27-24-21-18-15-12-9-6-3)56-65-59(62)53-50-47-44-41-38-35-32-29-26-23-20-17-14-11-8-5-2/h9,12,18,21,25,27-30,32,35,37-38,40,58H,4-8,10-11,13-17,19-20,22-24,26,31,33-34,36,39,41-57H2,1-3H3/b12-9-,21-18-,28-25-,30-27-,32-29-,38-35-,40-37-. The fourth-order valence-corrected chi connectivity index (χ4v) is 7.65. The first-order valence-corrected chi connectivity index (χ1v) is 28.1. The lowest BCUT2D eigenvalue weighted by molar-refractivity contribution is -0.167. The lowest BCUT2D eigenvalue weighted by Gasteiger charge is -2.18. The molecule has 0 saturated carbocycles. The molecule has 6 nitrogen and oxygen atoms in total. The number of esters is 3. The van der Waals surface area contributed by atoms with E-state index in [1.165, 1.54) is 122 Å². The molecule has 0 aliphatic heterocycles. The highest BCUT2D eigenvalue weighted by molar-refractivity contribution is 5.71. The van der Waals surface area contributed by atoms with E-state index in [9.17, 15) is 14.4 Å². The van der Waals surface area contributed by atoms with Crippen LogP contribution in [0.4, 0.5) is 0 Å². The molecule has 384 valence electrons. The first-order chi connectivity index (χ1) is 33.0. The van der Waals surface area contributed by atoms with Gasteiger partial charge in [0.15, 0.2) is 6.10 Å². The van der Waals surface area contributed by atoms with Crippen LogP contribution in [0.2, 0.25) is 0 Å². The van der Waals surface area contributed by atoms with Crippen LogP contribution in [0.3, 0.4) is 0 Å². The van der Waals surface area contributed by atoms with E-state index in [0.717, 1.165) is 103 Å². The average molecular weight is 933 g/mol. The molecule has 0 aromatic rings. The van der Waals surface area contributed by atoms with Crippen LogP contribution in [0.25, 0.3) is 0 Å². The normalized spacial score (nSPS) is 12.7. The van der Waals surface area contributed by atoms with Gasteiger partial charge in [-0.25, -0.2) is 0 Å². The molecule has 0 saturated heterocycles. The average Bonchev–Trinajstić information content (AvgIpc) is 3.33. The maximum Gasteiger partial charge on any atom is 0.306 e. The Hall–Kier alpha value is -3.41. The molecule has 0 bridgehead atoms. The van der Waals surface area contributed by atoms with Gasteiger partial charge in [-0.05, 0) is 109 Å². The molecule has 0 N–H and O–H groups in total. The Labute approximate surface area is 414 Å². The van der Waals surface area contributed by atoms with Crippen LogP contribution in [0, 0.1) is 0 Å². The van der Waals surface area contributed by atoms with E-state index in [0.29, 0.717) is 12.8 Å². The topological polar surface area (TPSA) is 78.9 Å². The van der Waals surface area contributed by atoms with Crippen molar-refractivity contribution in [1.29, 1.82) is 0 Å². The minimum absolute atomic E-state index is 0.100. The Morgan fingerprint density at radius 1 is 0.328 bits per heavy atom. The van der Waals surface area contributed by atoms with Gasteiger partial charge in [-0.1, -0.05) is 221 Å². The van der Waals surface area contributed by atoms with Gasteiger partial charge in [-0.15, -0.1) is 0 Å². The van der Waals surface area contributed by atoms with E-state index < -0.39 is 6.10 Å². The van der Waals surface area contributed by atoms with Crippen molar-refractivity contribution in [3.8, 4) is 0 Å². The summed E-state index contributed by atoms with van der Waals surface area (Å²) < 4.78 is 16.8. The van der Waals surface area contributed by atoms with Gasteiger partial charge in [0.1, 0.15) is 13.2 Å². The Balaban J connectivity index is 4.48. The van der Waals surface area contributed by atoms with Crippen molar-refractivity contribution in [3.63, 3.8) is 0 Å². The van der Waals surface area contributed by atoms with E-state index in [-0.39, 0.29) is 37.5 Å². The number of carbonyl (C=O) groups is 3. The lowest BCUT2D eigenvalue weighted by atomic mass is 10.1. The number of hydrogen-bond acceptors (Lipinski definition) is 6. The fourth-order valence-electron chi connectivity index (χ4n) is 7.65. The second-order valence-corrected chi connectivity index (χ2v) is 18.5. The van der Waals surface area contributed by atoms with Gasteiger partial charge in [0.25, 0.3) is 0 Å². The van der Waals surface area contributed by atoms with Crippen LogP contribution >= 0.6 is 0 Å². The molecule has 0 aliphatic carbocycles. The maximum atomic E-state index is 12.8. The molecule has 0 aromatic carbocycles. The third-order valence-corrected chi connectivity index (χ3v) is 11.9. The van der Waals surface area contributed by atoms with Gasteiger partial charge in [0.05, 0.1) is 0 Å². The second-order valence-electron chi connectivity index (χ2n) is 18.5. The molecule has 0 rings (SSSR count). The Morgan fingerprint density at radius 2 is 0.627 bits per heavy atom. The summed E-state index contributed by atoms with van der Waals surface area (Å²) in [6, 6.07) is 0. The number of carbonyl (C=O) groups excluding carboxylic acids is 3. The minimum Gasteiger partial charge on any atom is -0.462 e. The maximum absolute atomic E-state index is 12.8. The third-order valence-electron chi connectivity index (χ3n) is 11.9. The monoisotopic (exact) mass is 933 g/mol. The summed E-state index contributed by atoms with van der Waals surface area (Å²) in [5.74, 6) is -0.959. The van der Waals surface area contributed by atoms with Crippen molar-refractivity contribution in [1.82, 2.24) is 0 Å². The minimum atomic E-state index is -0.806. The summed E-state index contributed by atoms with van der Waals surface area (Å²) in [5, 5.41) is 0. The molecule has 0 aliphatic rings. The zero-order valence-corrected chi connectivity index (χ0v) is 43.9. The number of hydrogen-bond donors (Lipinski definition) is 0. The van der Waals surface area contributed by atoms with Crippen LogP contribution in [0.5, 0.6) is 0 Å². The Bertz CT molecular complexity index is 1300. The van der Waals surface area contributed by atoms with Gasteiger partial charge < -0.3 is 14.2 Å². The summed E-state index contributed by atoms with van der Waals surface area (Å²) in [6.07, 6.45) is 71.4. The molecule has 6 heteroatoms. The molecule has 0 aromatic heterocycles. The van der Waals surface area contributed by atoms with Crippen molar-refractivity contribution < 1.29 is 28.6 Å². The second kappa shape index (κ2) is 55.2. The van der Waals surface area contributed by atoms with Gasteiger partial charge >= 0.3 is 17.9 Å². The fraction of sp³-hybridized carbons (Fsp3) is 0.721. The molecule has 0 amide bonds. The molecule has 1 unspecified atom stereocenters. The van der Waals surface area contributed by atoms with Crippen molar-refractivity contribution in [2.24, 2.45) is 0 Å². The predicted molar refractivity (Wildman–Crippen MR) is 288 cm³/mol. The SMILES string of the molecule is CC/C=C\C/C=C\C/C=C\C/C=C\CCCCCC(=O)OC(COC(=O)CCCCC/C=C\C=C/CCCCCCCCC)COC(=O)CCCCCCCCC/C=C\CCCCCCCC. The largest absolute Gasteiger partial charge is 0.462 e. The predicted octanol–water partition coefficient (Wildman–Crippen LogP) is 18.8. The Morgan fingerprint density at radius 3 is 1.03 bits per heavy atom. The first-order valence-electron chi connectivity index (χ1n) is 28.1. The molecular formula is C61H104O6. The lowest BCUT2D eigenvalue weighted by Crippen LogP contribution is -2.30. The number of rotatable bonds is 50. The summed E-state index contributed by atoms with van der Waals surface area (Å²) in [5.41, 5.74) is 0. The van der Waals surface area contributed by atoms with Gasteiger partial charge in [0, 0.05) is 19.3 Å². The summed E-state index contributed by atoms with van der Waals surface area (Å²) in [4.78, 5) is 38.1. The highest BCUT2D eigenvalue weighted by Crippen LogP contribution is 2.14. The molecule has 1 atom stereocenters. The van der Waals surface area contributed by atoms with E-state index in [4.69, 9.17) is 14.2 Å². The third kappa shape index (κ3) is 53.4. The van der Waals surface area contributed by atoms with Crippen LogP contribution < -0.4 is 0 Å². The zero-order chi connectivity index (χ0) is 48.6. The van der Waals surface area contributed by atoms with Crippen molar-refractivity contribution in [2.75, 3.05) is 13.2 Å². The number of allylic oxidation sites excluding steroid dienone is 14. The molecule has 0 heterocycles. The van der Waals surface area contributed by atoms with Crippen LogP contribution in [-0.2, 0) is 28.6 Å². The van der Waals surface area contributed by atoms with Crippen molar-refractivity contribution >= 4 is 17.9 Å². The van der Waals surface area contributed by atoms with E-state index in [1.807, 2.05) is 0 Å². The first kappa shape index (κ1) is 63.6. The molecule has 0 radical (unpaired) electrons. The highest BCUT2D eigenvalue weighted by Gasteiger charge is 2.19. The van der Waals surface area contributed by atoms with Crippen LogP contribution in [-0.4, -0.2) is 37.2 Å². The summed E-state index contributed by atoms with van der Waals surface area (Å²) >= 11 is 0. The molecule has 0 fully saturated rings. The quantitative estimate of drug-likeness (QED) is 0.0199.